The molecule has 6 heteroatoms. The third-order valence-electron chi connectivity index (χ3n) is 4.01. The van der Waals surface area contributed by atoms with Crippen molar-refractivity contribution in [2.45, 2.75) is 26.9 Å². The van der Waals surface area contributed by atoms with Crippen LogP contribution in [0.4, 0.5) is 0 Å². The van der Waals surface area contributed by atoms with Gasteiger partial charge in [-0.05, 0) is 31.5 Å². The van der Waals surface area contributed by atoms with Crippen LogP contribution in [0.5, 0.6) is 17.2 Å². The summed E-state index contributed by atoms with van der Waals surface area (Å²) in [5.74, 6) is 1.94. The number of hydrogen-bond donors (Lipinski definition) is 1. The quantitative estimate of drug-likeness (QED) is 0.849. The number of hydrogen-bond acceptors (Lipinski definition) is 5. The summed E-state index contributed by atoms with van der Waals surface area (Å²) in [6, 6.07) is 3.91. The molecule has 0 spiro atoms. The molecule has 1 aromatic carbocycles. The molecule has 0 aliphatic rings. The van der Waals surface area contributed by atoms with Gasteiger partial charge in [-0.3, -0.25) is 4.68 Å². The molecule has 0 aliphatic carbocycles. The molecule has 0 saturated carbocycles. The highest BCUT2D eigenvalue weighted by atomic mass is 16.5. The molecule has 0 unspecified atom stereocenters. The zero-order chi connectivity index (χ0) is 17.0. The van der Waals surface area contributed by atoms with E-state index in [0.29, 0.717) is 23.8 Å². The van der Waals surface area contributed by atoms with E-state index in [9.17, 15) is 0 Å². The van der Waals surface area contributed by atoms with Crippen LogP contribution in [-0.2, 0) is 20.1 Å². The molecule has 0 saturated heterocycles. The Balaban J connectivity index is 2.11. The predicted octanol–water partition coefficient (Wildman–Crippen LogP) is 2.35. The highest BCUT2D eigenvalue weighted by Gasteiger charge is 2.13. The van der Waals surface area contributed by atoms with Crippen molar-refractivity contribution < 1.29 is 14.2 Å². The lowest BCUT2D eigenvalue weighted by molar-refractivity contribution is 0.323. The van der Waals surface area contributed by atoms with Crippen molar-refractivity contribution in [2.24, 2.45) is 7.05 Å². The topological polar surface area (TPSA) is 57.5 Å². The van der Waals surface area contributed by atoms with E-state index in [-0.39, 0.29) is 0 Å². The summed E-state index contributed by atoms with van der Waals surface area (Å²) in [5, 5.41) is 7.88. The second-order valence-corrected chi connectivity index (χ2v) is 5.41. The lowest BCUT2D eigenvalue weighted by atomic mass is 10.1. The van der Waals surface area contributed by atoms with Crippen LogP contribution in [-0.4, -0.2) is 31.1 Å². The lowest BCUT2D eigenvalue weighted by Crippen LogP contribution is -2.14. The standard InChI is InChI=1S/C17H25N3O3/c1-11-14(12(2)20(3)19-11)10-18-9-13-7-15(21-4)17(23-6)16(8-13)22-5/h7-8,18H,9-10H2,1-6H3. The predicted molar refractivity (Wildman–Crippen MR) is 89.3 cm³/mol. The van der Waals surface area contributed by atoms with Crippen LogP contribution >= 0.6 is 0 Å². The van der Waals surface area contributed by atoms with Gasteiger partial charge in [-0.25, -0.2) is 0 Å². The summed E-state index contributed by atoms with van der Waals surface area (Å²) in [4.78, 5) is 0. The van der Waals surface area contributed by atoms with Crippen molar-refractivity contribution in [1.82, 2.24) is 15.1 Å². The minimum atomic E-state index is 0.609. The highest BCUT2D eigenvalue weighted by molar-refractivity contribution is 5.53. The smallest absolute Gasteiger partial charge is 0.203 e. The zero-order valence-electron chi connectivity index (χ0n) is 14.7. The minimum absolute atomic E-state index is 0.609. The number of rotatable bonds is 7. The van der Waals surface area contributed by atoms with Gasteiger partial charge < -0.3 is 19.5 Å². The van der Waals surface area contributed by atoms with Gasteiger partial charge in [-0.15, -0.1) is 0 Å². The molecular formula is C17H25N3O3. The van der Waals surface area contributed by atoms with Crippen molar-refractivity contribution in [3.63, 3.8) is 0 Å². The average Bonchev–Trinajstić information content (AvgIpc) is 2.79. The maximum absolute atomic E-state index is 5.38. The molecule has 0 fully saturated rings. The molecular weight excluding hydrogens is 294 g/mol. The van der Waals surface area contributed by atoms with Gasteiger partial charge in [0.15, 0.2) is 11.5 Å². The fourth-order valence-electron chi connectivity index (χ4n) is 2.64. The summed E-state index contributed by atoms with van der Waals surface area (Å²) in [6.45, 7) is 5.58. The number of nitrogens with one attached hydrogen (secondary N) is 1. The molecule has 2 rings (SSSR count). The monoisotopic (exact) mass is 319 g/mol. The summed E-state index contributed by atoms with van der Waals surface area (Å²) in [5.41, 5.74) is 4.54. The van der Waals surface area contributed by atoms with E-state index in [2.05, 4.69) is 17.3 Å². The Hall–Kier alpha value is -2.21. The van der Waals surface area contributed by atoms with E-state index in [1.165, 1.54) is 11.3 Å². The Morgan fingerprint density at radius 3 is 2.04 bits per heavy atom. The van der Waals surface area contributed by atoms with Crippen molar-refractivity contribution in [2.75, 3.05) is 21.3 Å². The van der Waals surface area contributed by atoms with E-state index >= 15 is 0 Å². The van der Waals surface area contributed by atoms with Crippen LogP contribution < -0.4 is 19.5 Å². The summed E-state index contributed by atoms with van der Waals surface area (Å²) in [6.07, 6.45) is 0. The van der Waals surface area contributed by atoms with Crippen molar-refractivity contribution >= 4 is 0 Å². The summed E-state index contributed by atoms with van der Waals surface area (Å²) < 4.78 is 18.0. The van der Waals surface area contributed by atoms with Gasteiger partial charge in [0, 0.05) is 31.4 Å². The number of ether oxygens (including phenoxy) is 3. The third-order valence-corrected chi connectivity index (χ3v) is 4.01. The Bertz CT molecular complexity index is 655. The second kappa shape index (κ2) is 7.37. The van der Waals surface area contributed by atoms with E-state index in [4.69, 9.17) is 14.2 Å². The van der Waals surface area contributed by atoms with Gasteiger partial charge in [0.25, 0.3) is 0 Å². The van der Waals surface area contributed by atoms with Crippen molar-refractivity contribution in [3.05, 3.63) is 34.6 Å². The van der Waals surface area contributed by atoms with Crippen molar-refractivity contribution in [3.8, 4) is 17.2 Å². The number of nitrogens with zero attached hydrogens (tertiary/aromatic N) is 2. The minimum Gasteiger partial charge on any atom is -0.493 e. The average molecular weight is 319 g/mol. The van der Waals surface area contributed by atoms with Gasteiger partial charge in [0.2, 0.25) is 5.75 Å². The van der Waals surface area contributed by atoms with Gasteiger partial charge in [0.1, 0.15) is 0 Å². The maximum atomic E-state index is 5.38. The third kappa shape index (κ3) is 3.59. The van der Waals surface area contributed by atoms with Crippen LogP contribution in [0.3, 0.4) is 0 Å². The number of aromatic nitrogens is 2. The van der Waals surface area contributed by atoms with Crippen LogP contribution in [0.25, 0.3) is 0 Å². The number of aryl methyl sites for hydroxylation is 2. The molecule has 0 aliphatic heterocycles. The fraction of sp³-hybridized carbons (Fsp3) is 0.471. The summed E-state index contributed by atoms with van der Waals surface area (Å²) in [7, 11) is 6.81. The largest absolute Gasteiger partial charge is 0.493 e. The van der Waals surface area contributed by atoms with Gasteiger partial charge in [-0.2, -0.15) is 5.10 Å². The highest BCUT2D eigenvalue weighted by Crippen LogP contribution is 2.38. The molecule has 1 heterocycles. The molecule has 23 heavy (non-hydrogen) atoms. The van der Waals surface area contributed by atoms with E-state index in [0.717, 1.165) is 17.8 Å². The van der Waals surface area contributed by atoms with Crippen LogP contribution in [0.15, 0.2) is 12.1 Å². The molecule has 0 bridgehead atoms. The molecule has 126 valence electrons. The van der Waals surface area contributed by atoms with Gasteiger partial charge in [0.05, 0.1) is 27.0 Å². The number of benzene rings is 1. The van der Waals surface area contributed by atoms with Crippen LogP contribution in [0.2, 0.25) is 0 Å². The zero-order valence-corrected chi connectivity index (χ0v) is 14.7. The van der Waals surface area contributed by atoms with Gasteiger partial charge >= 0.3 is 0 Å². The first-order valence-corrected chi connectivity index (χ1v) is 7.50. The summed E-state index contributed by atoms with van der Waals surface area (Å²) >= 11 is 0. The van der Waals surface area contributed by atoms with Gasteiger partial charge in [-0.1, -0.05) is 0 Å². The normalized spacial score (nSPS) is 10.7. The van der Waals surface area contributed by atoms with E-state index in [1.54, 1.807) is 21.3 Å². The van der Waals surface area contributed by atoms with Crippen molar-refractivity contribution in [1.29, 1.82) is 0 Å². The number of methoxy groups -OCH3 is 3. The molecule has 6 nitrogen and oxygen atoms in total. The molecule has 1 N–H and O–H groups in total. The first kappa shape index (κ1) is 17.1. The van der Waals surface area contributed by atoms with Crippen LogP contribution in [0.1, 0.15) is 22.5 Å². The Labute approximate surface area is 137 Å². The molecule has 0 atom stereocenters. The molecule has 0 amide bonds. The second-order valence-electron chi connectivity index (χ2n) is 5.41. The molecule has 0 radical (unpaired) electrons. The van der Waals surface area contributed by atoms with Crippen LogP contribution in [0, 0.1) is 13.8 Å². The first-order valence-electron chi connectivity index (χ1n) is 7.50. The SMILES string of the molecule is COc1cc(CNCc2c(C)nn(C)c2C)cc(OC)c1OC. The maximum Gasteiger partial charge on any atom is 0.203 e. The van der Waals surface area contributed by atoms with E-state index < -0.39 is 0 Å². The first-order chi connectivity index (χ1) is 11.0. The Kier molecular flexibility index (Phi) is 5.50. The van der Waals surface area contributed by atoms with E-state index in [1.807, 2.05) is 30.8 Å². The Morgan fingerprint density at radius 1 is 1.00 bits per heavy atom. The molecule has 1 aromatic heterocycles. The molecule has 2 aromatic rings. The lowest BCUT2D eigenvalue weighted by Gasteiger charge is -2.14. The Morgan fingerprint density at radius 2 is 1.61 bits per heavy atom. The fourth-order valence-corrected chi connectivity index (χ4v) is 2.64.